The highest BCUT2D eigenvalue weighted by Crippen LogP contribution is 2.29. The Bertz CT molecular complexity index is 1210. The van der Waals surface area contributed by atoms with Crippen LogP contribution in [0.5, 0.6) is 0 Å². The summed E-state index contributed by atoms with van der Waals surface area (Å²) >= 11 is 6.15. The molecule has 1 N–H and O–H groups in total. The van der Waals surface area contributed by atoms with Crippen molar-refractivity contribution in [3.8, 4) is 0 Å². The van der Waals surface area contributed by atoms with E-state index in [0.717, 1.165) is 10.5 Å². The molecule has 0 radical (unpaired) electrons. The number of para-hydroxylation sites is 1. The maximum absolute atomic E-state index is 12.9. The number of aromatic nitrogens is 2. The monoisotopic (exact) mass is 450 g/mol. The predicted molar refractivity (Wildman–Crippen MR) is 118 cm³/mol. The number of anilines is 2. The zero-order valence-electron chi connectivity index (χ0n) is 17.4. The summed E-state index contributed by atoms with van der Waals surface area (Å²) in [5, 5.41) is 2.96. The number of hydrogen-bond donors (Lipinski definition) is 1. The van der Waals surface area contributed by atoms with E-state index in [4.69, 9.17) is 16.3 Å². The number of benzene rings is 2. The van der Waals surface area contributed by atoms with Crippen molar-refractivity contribution in [3.05, 3.63) is 81.8 Å². The number of fused-ring (bicyclic) bond motifs is 1. The third-order valence-electron chi connectivity index (χ3n) is 5.02. The number of halogens is 1. The van der Waals surface area contributed by atoms with Crippen LogP contribution >= 0.6 is 11.6 Å². The van der Waals surface area contributed by atoms with Crippen LogP contribution in [0.4, 0.5) is 11.5 Å². The first kappa shape index (κ1) is 21.5. The number of aryl methyl sites for hydroxylation is 1. The molecule has 4 rings (SSSR count). The molecule has 1 aliphatic heterocycles. The SMILES string of the molecule is CCOC(=O)c1c(CN2C(=O)c3ccccc3C2=O)nc(Cl)nc1Nc1ccccc1C. The second kappa shape index (κ2) is 8.76. The van der Waals surface area contributed by atoms with Crippen LogP contribution in [0.1, 0.15) is 49.3 Å². The lowest BCUT2D eigenvalue weighted by molar-refractivity contribution is 0.0516. The fourth-order valence-corrected chi connectivity index (χ4v) is 3.66. The average Bonchev–Trinajstić information content (AvgIpc) is 3.00. The van der Waals surface area contributed by atoms with E-state index in [0.29, 0.717) is 16.8 Å². The molecule has 0 fully saturated rings. The van der Waals surface area contributed by atoms with Gasteiger partial charge in [-0.05, 0) is 49.2 Å². The third kappa shape index (κ3) is 3.92. The van der Waals surface area contributed by atoms with Gasteiger partial charge in [-0.1, -0.05) is 30.3 Å². The molecule has 2 heterocycles. The van der Waals surface area contributed by atoms with Crippen molar-refractivity contribution in [2.24, 2.45) is 0 Å². The van der Waals surface area contributed by atoms with Crippen LogP contribution in [0.25, 0.3) is 0 Å². The predicted octanol–water partition coefficient (Wildman–Crippen LogP) is 4.15. The van der Waals surface area contributed by atoms with Crippen LogP contribution in [0, 0.1) is 6.92 Å². The number of nitrogens with one attached hydrogen (secondary N) is 1. The molecule has 9 heteroatoms. The van der Waals surface area contributed by atoms with Crippen molar-refractivity contribution in [1.29, 1.82) is 0 Å². The fraction of sp³-hybridized carbons (Fsp3) is 0.174. The molecule has 0 atom stereocenters. The molecule has 162 valence electrons. The van der Waals surface area contributed by atoms with Gasteiger partial charge < -0.3 is 10.1 Å². The number of imide groups is 1. The minimum Gasteiger partial charge on any atom is -0.462 e. The minimum absolute atomic E-state index is 0.0102. The Labute approximate surface area is 189 Å². The number of rotatable bonds is 6. The summed E-state index contributed by atoms with van der Waals surface area (Å²) in [7, 11) is 0. The molecular formula is C23H19ClN4O4. The first-order valence-corrected chi connectivity index (χ1v) is 10.3. The summed E-state index contributed by atoms with van der Waals surface area (Å²) in [6.07, 6.45) is 0. The highest BCUT2D eigenvalue weighted by Gasteiger charge is 2.37. The van der Waals surface area contributed by atoms with Gasteiger partial charge in [-0.25, -0.2) is 9.78 Å². The molecule has 0 unspecified atom stereocenters. The fourth-order valence-electron chi connectivity index (χ4n) is 3.47. The quantitative estimate of drug-likeness (QED) is 0.342. The van der Waals surface area contributed by atoms with Crippen molar-refractivity contribution >= 4 is 40.9 Å². The van der Waals surface area contributed by atoms with Crippen molar-refractivity contribution in [2.45, 2.75) is 20.4 Å². The second-order valence-corrected chi connectivity index (χ2v) is 7.40. The van der Waals surface area contributed by atoms with Crippen molar-refractivity contribution in [3.63, 3.8) is 0 Å². The van der Waals surface area contributed by atoms with Gasteiger partial charge in [-0.3, -0.25) is 14.5 Å². The van der Waals surface area contributed by atoms with Crippen LogP contribution in [0.3, 0.4) is 0 Å². The van der Waals surface area contributed by atoms with E-state index in [-0.39, 0.29) is 35.5 Å². The number of hydrogen-bond acceptors (Lipinski definition) is 7. The zero-order valence-corrected chi connectivity index (χ0v) is 18.1. The number of ether oxygens (including phenoxy) is 1. The molecule has 32 heavy (non-hydrogen) atoms. The molecule has 8 nitrogen and oxygen atoms in total. The molecule has 0 spiro atoms. The van der Waals surface area contributed by atoms with E-state index in [1.165, 1.54) is 0 Å². The Balaban J connectivity index is 1.77. The highest BCUT2D eigenvalue weighted by atomic mass is 35.5. The maximum Gasteiger partial charge on any atom is 0.343 e. The third-order valence-corrected chi connectivity index (χ3v) is 5.19. The van der Waals surface area contributed by atoms with E-state index in [1.54, 1.807) is 31.2 Å². The number of carbonyl (C=O) groups is 3. The van der Waals surface area contributed by atoms with Gasteiger partial charge in [-0.15, -0.1) is 0 Å². The summed E-state index contributed by atoms with van der Waals surface area (Å²) in [5.41, 5.74) is 2.34. The van der Waals surface area contributed by atoms with Gasteiger partial charge in [0.05, 0.1) is 30.0 Å². The summed E-state index contributed by atoms with van der Waals surface area (Å²) in [5.74, 6) is -1.50. The first-order chi connectivity index (χ1) is 15.4. The Morgan fingerprint density at radius 3 is 2.28 bits per heavy atom. The molecule has 2 amide bonds. The van der Waals surface area contributed by atoms with E-state index in [2.05, 4.69) is 15.3 Å². The molecule has 2 aromatic carbocycles. The Morgan fingerprint density at radius 2 is 1.66 bits per heavy atom. The van der Waals surface area contributed by atoms with Crippen molar-refractivity contribution in [1.82, 2.24) is 14.9 Å². The smallest absolute Gasteiger partial charge is 0.343 e. The Morgan fingerprint density at radius 1 is 1.03 bits per heavy atom. The van der Waals surface area contributed by atoms with Gasteiger partial charge in [0.2, 0.25) is 5.28 Å². The van der Waals surface area contributed by atoms with E-state index >= 15 is 0 Å². The molecule has 0 bridgehead atoms. The first-order valence-electron chi connectivity index (χ1n) is 9.92. The lowest BCUT2D eigenvalue weighted by atomic mass is 10.1. The van der Waals surface area contributed by atoms with Gasteiger partial charge in [0.1, 0.15) is 11.4 Å². The molecular weight excluding hydrogens is 432 g/mol. The summed E-state index contributed by atoms with van der Waals surface area (Å²) in [6.45, 7) is 3.44. The van der Waals surface area contributed by atoms with Crippen molar-refractivity contribution < 1.29 is 19.1 Å². The highest BCUT2D eigenvalue weighted by molar-refractivity contribution is 6.28. The van der Waals surface area contributed by atoms with Gasteiger partial charge in [-0.2, -0.15) is 4.98 Å². The van der Waals surface area contributed by atoms with E-state index in [1.807, 2.05) is 31.2 Å². The standard InChI is InChI=1S/C23H19ClN4O4/c1-3-32-22(31)18-17(12-28-20(29)14-9-5-6-10-15(14)21(28)30)26-23(24)27-19(18)25-16-11-7-4-8-13(16)2/h4-11H,3,12H2,1-2H3,(H,25,26,27). The van der Waals surface area contributed by atoms with Crippen LogP contribution in [-0.2, 0) is 11.3 Å². The van der Waals surface area contributed by atoms with Gasteiger partial charge >= 0.3 is 5.97 Å². The lowest BCUT2D eigenvalue weighted by Crippen LogP contribution is -2.31. The lowest BCUT2D eigenvalue weighted by Gasteiger charge is -2.18. The number of carbonyl (C=O) groups excluding carboxylic acids is 3. The molecule has 1 aromatic heterocycles. The van der Waals surface area contributed by atoms with Crippen LogP contribution in [-0.4, -0.2) is 39.3 Å². The van der Waals surface area contributed by atoms with E-state index < -0.39 is 17.8 Å². The van der Waals surface area contributed by atoms with Crippen molar-refractivity contribution in [2.75, 3.05) is 11.9 Å². The maximum atomic E-state index is 12.9. The normalized spacial score (nSPS) is 12.7. The van der Waals surface area contributed by atoms with Gasteiger partial charge in [0.25, 0.3) is 11.8 Å². The summed E-state index contributed by atoms with van der Waals surface area (Å²) in [6, 6.07) is 14.0. The number of nitrogens with zero attached hydrogens (tertiary/aromatic N) is 3. The zero-order chi connectivity index (χ0) is 22.8. The number of amides is 2. The largest absolute Gasteiger partial charge is 0.462 e. The summed E-state index contributed by atoms with van der Waals surface area (Å²) < 4.78 is 5.21. The molecule has 1 aliphatic rings. The van der Waals surface area contributed by atoms with Crippen LogP contribution < -0.4 is 5.32 Å². The second-order valence-electron chi connectivity index (χ2n) is 7.07. The number of esters is 1. The topological polar surface area (TPSA) is 101 Å². The molecule has 0 aliphatic carbocycles. The Kier molecular flexibility index (Phi) is 5.87. The van der Waals surface area contributed by atoms with Crippen LogP contribution in [0.15, 0.2) is 48.5 Å². The van der Waals surface area contributed by atoms with Gasteiger partial charge in [0, 0.05) is 5.69 Å². The average molecular weight is 451 g/mol. The Hall–Kier alpha value is -3.78. The van der Waals surface area contributed by atoms with Crippen LogP contribution in [0.2, 0.25) is 5.28 Å². The molecule has 0 saturated carbocycles. The minimum atomic E-state index is -0.688. The molecule has 0 saturated heterocycles. The van der Waals surface area contributed by atoms with Gasteiger partial charge in [0.15, 0.2) is 0 Å². The van der Waals surface area contributed by atoms with E-state index in [9.17, 15) is 14.4 Å². The molecule has 3 aromatic rings. The summed E-state index contributed by atoms with van der Waals surface area (Å²) in [4.78, 5) is 47.9.